The van der Waals surface area contributed by atoms with Gasteiger partial charge in [0.2, 0.25) is 0 Å². The minimum atomic E-state index is -4.59. The third kappa shape index (κ3) is 5.97. The highest BCUT2D eigenvalue weighted by molar-refractivity contribution is 5.79. The van der Waals surface area contributed by atoms with Gasteiger partial charge >= 0.3 is 12.1 Å². The molecule has 5 nitrogen and oxygen atoms in total. The highest BCUT2D eigenvalue weighted by Crippen LogP contribution is 2.34. The number of alkyl halides is 3. The fourth-order valence-corrected chi connectivity index (χ4v) is 3.71. The van der Waals surface area contributed by atoms with E-state index in [1.807, 2.05) is 55.5 Å². The lowest BCUT2D eigenvalue weighted by atomic mass is 9.95. The van der Waals surface area contributed by atoms with E-state index in [2.05, 4.69) is 5.32 Å². The number of rotatable bonds is 9. The van der Waals surface area contributed by atoms with Crippen molar-refractivity contribution in [3.05, 3.63) is 94.5 Å². The zero-order chi connectivity index (χ0) is 25.6. The molecule has 3 aromatic rings. The van der Waals surface area contributed by atoms with Crippen LogP contribution >= 0.6 is 0 Å². The van der Waals surface area contributed by atoms with Gasteiger partial charge in [-0.05, 0) is 52.4 Å². The Morgan fingerprint density at radius 1 is 0.914 bits per heavy atom. The van der Waals surface area contributed by atoms with Crippen LogP contribution in [0, 0.1) is 6.92 Å². The maximum Gasteiger partial charge on any atom is 0.416 e. The number of aliphatic hydroxyl groups is 2. The normalized spacial score (nSPS) is 12.3. The minimum absolute atomic E-state index is 0.0877. The Morgan fingerprint density at radius 3 is 2.17 bits per heavy atom. The van der Waals surface area contributed by atoms with Gasteiger partial charge in [0.25, 0.3) is 0 Å². The maximum atomic E-state index is 13.7. The molecule has 0 unspecified atom stereocenters. The minimum Gasteiger partial charge on any atom is -0.480 e. The number of benzene rings is 3. The maximum absolute atomic E-state index is 13.7. The van der Waals surface area contributed by atoms with Gasteiger partial charge in [-0.2, -0.15) is 13.2 Å². The number of carboxylic acids is 1. The van der Waals surface area contributed by atoms with Gasteiger partial charge in [-0.3, -0.25) is 10.1 Å². The molecule has 4 N–H and O–H groups in total. The Hall–Kier alpha value is -3.46. The first kappa shape index (κ1) is 26.2. The van der Waals surface area contributed by atoms with E-state index in [4.69, 9.17) is 0 Å². The Labute approximate surface area is 201 Å². The number of hydrogen-bond acceptors (Lipinski definition) is 4. The summed E-state index contributed by atoms with van der Waals surface area (Å²) in [5.74, 6) is -1.47. The van der Waals surface area contributed by atoms with Crippen LogP contribution in [-0.4, -0.2) is 40.0 Å². The molecule has 0 radical (unpaired) electrons. The van der Waals surface area contributed by atoms with Crippen LogP contribution < -0.4 is 5.32 Å². The second kappa shape index (κ2) is 10.9. The smallest absolute Gasteiger partial charge is 0.416 e. The standard InChI is InChI=1S/C27H26F3NO4/c1-18-20(8-5-9-23(18)21-6-3-2-4-7-21)11-12-22-14-19(10-13-24(22)27(28,29)30)15-31-26(16-32,17-33)25(34)35/h2-14,31-33H,15-17H2,1H3,(H,34,35)/b12-11+. The summed E-state index contributed by atoms with van der Waals surface area (Å²) in [7, 11) is 0. The first-order valence-electron chi connectivity index (χ1n) is 10.8. The molecular formula is C27H26F3NO4. The van der Waals surface area contributed by atoms with Crippen LogP contribution in [0.15, 0.2) is 66.7 Å². The van der Waals surface area contributed by atoms with Gasteiger partial charge in [0.1, 0.15) is 0 Å². The molecule has 0 saturated carbocycles. The average Bonchev–Trinajstić information content (AvgIpc) is 2.84. The van der Waals surface area contributed by atoms with Crippen LogP contribution in [0.3, 0.4) is 0 Å². The summed E-state index contributed by atoms with van der Waals surface area (Å²) in [6.07, 6.45) is -1.59. The molecule has 8 heteroatoms. The highest BCUT2D eigenvalue weighted by atomic mass is 19.4. The van der Waals surface area contributed by atoms with Crippen LogP contribution in [-0.2, 0) is 17.5 Å². The molecule has 3 aromatic carbocycles. The number of carbonyl (C=O) groups is 1. The number of carboxylic acid groups (broad SMARTS) is 1. The van der Waals surface area contributed by atoms with Gasteiger partial charge in [0.15, 0.2) is 5.54 Å². The van der Waals surface area contributed by atoms with Crippen LogP contribution in [0.2, 0.25) is 0 Å². The van der Waals surface area contributed by atoms with Crippen molar-refractivity contribution in [1.29, 1.82) is 0 Å². The van der Waals surface area contributed by atoms with E-state index in [0.29, 0.717) is 5.56 Å². The number of aliphatic carboxylic acids is 1. The topological polar surface area (TPSA) is 89.8 Å². The van der Waals surface area contributed by atoms with Gasteiger partial charge in [-0.1, -0.05) is 66.7 Å². The quantitative estimate of drug-likeness (QED) is 0.329. The zero-order valence-corrected chi connectivity index (χ0v) is 19.0. The SMILES string of the molecule is Cc1c(/C=C/c2cc(CNC(CO)(CO)C(=O)O)ccc2C(F)(F)F)cccc1-c1ccccc1. The summed E-state index contributed by atoms with van der Waals surface area (Å²) in [5.41, 5.74) is 1.08. The third-order valence-electron chi connectivity index (χ3n) is 5.90. The predicted molar refractivity (Wildman–Crippen MR) is 128 cm³/mol. The molecule has 184 valence electrons. The van der Waals surface area contributed by atoms with E-state index in [-0.39, 0.29) is 12.1 Å². The Bertz CT molecular complexity index is 1200. The summed E-state index contributed by atoms with van der Waals surface area (Å²) >= 11 is 0. The van der Waals surface area contributed by atoms with Gasteiger partial charge < -0.3 is 15.3 Å². The van der Waals surface area contributed by atoms with E-state index in [1.54, 1.807) is 6.08 Å². The lowest BCUT2D eigenvalue weighted by Crippen LogP contribution is -2.57. The fraction of sp³-hybridized carbons (Fsp3) is 0.222. The van der Waals surface area contributed by atoms with Crippen molar-refractivity contribution in [1.82, 2.24) is 5.32 Å². The van der Waals surface area contributed by atoms with E-state index in [1.165, 1.54) is 18.2 Å². The lowest BCUT2D eigenvalue weighted by Gasteiger charge is -2.26. The van der Waals surface area contributed by atoms with Crippen molar-refractivity contribution in [3.63, 3.8) is 0 Å². The van der Waals surface area contributed by atoms with E-state index in [0.717, 1.165) is 28.3 Å². The molecule has 0 heterocycles. The predicted octanol–water partition coefficient (Wildman–Crippen LogP) is 4.75. The Morgan fingerprint density at radius 2 is 1.57 bits per heavy atom. The summed E-state index contributed by atoms with van der Waals surface area (Å²) < 4.78 is 41.0. The molecule has 0 atom stereocenters. The van der Waals surface area contributed by atoms with E-state index in [9.17, 15) is 33.3 Å². The Balaban J connectivity index is 1.96. The van der Waals surface area contributed by atoms with Crippen LogP contribution in [0.1, 0.15) is 27.8 Å². The van der Waals surface area contributed by atoms with Crippen LogP contribution in [0.4, 0.5) is 13.2 Å². The molecule has 0 spiro atoms. The second-order valence-corrected chi connectivity index (χ2v) is 8.20. The van der Waals surface area contributed by atoms with Gasteiger partial charge in [-0.15, -0.1) is 0 Å². The van der Waals surface area contributed by atoms with Crippen molar-refractivity contribution in [2.75, 3.05) is 13.2 Å². The lowest BCUT2D eigenvalue weighted by molar-refractivity contribution is -0.149. The first-order valence-corrected chi connectivity index (χ1v) is 10.8. The van der Waals surface area contributed by atoms with Crippen molar-refractivity contribution < 1.29 is 33.3 Å². The van der Waals surface area contributed by atoms with E-state index < -0.39 is 36.5 Å². The number of hydrogen-bond donors (Lipinski definition) is 4. The molecule has 0 amide bonds. The van der Waals surface area contributed by atoms with Crippen LogP contribution in [0.5, 0.6) is 0 Å². The summed E-state index contributed by atoms with van der Waals surface area (Å²) in [6, 6.07) is 18.8. The summed E-state index contributed by atoms with van der Waals surface area (Å²) in [5, 5.41) is 30.7. The first-order chi connectivity index (χ1) is 16.6. The van der Waals surface area contributed by atoms with Crippen LogP contribution in [0.25, 0.3) is 23.3 Å². The van der Waals surface area contributed by atoms with Gasteiger partial charge in [0, 0.05) is 6.54 Å². The third-order valence-corrected chi connectivity index (χ3v) is 5.90. The molecule has 0 aliphatic carbocycles. The molecule has 0 saturated heterocycles. The Kier molecular flexibility index (Phi) is 8.11. The monoisotopic (exact) mass is 485 g/mol. The van der Waals surface area contributed by atoms with Crippen molar-refractivity contribution >= 4 is 18.1 Å². The molecule has 35 heavy (non-hydrogen) atoms. The van der Waals surface area contributed by atoms with Crippen molar-refractivity contribution in [2.24, 2.45) is 0 Å². The summed E-state index contributed by atoms with van der Waals surface area (Å²) in [6.45, 7) is -0.0380. The number of nitrogens with one attached hydrogen (secondary N) is 1. The summed E-state index contributed by atoms with van der Waals surface area (Å²) in [4.78, 5) is 11.4. The fourth-order valence-electron chi connectivity index (χ4n) is 3.71. The molecule has 0 aliphatic rings. The molecule has 0 bridgehead atoms. The second-order valence-electron chi connectivity index (χ2n) is 8.20. The largest absolute Gasteiger partial charge is 0.480 e. The van der Waals surface area contributed by atoms with Gasteiger partial charge in [-0.25, -0.2) is 0 Å². The molecule has 0 fully saturated rings. The average molecular weight is 486 g/mol. The van der Waals surface area contributed by atoms with Crippen molar-refractivity contribution in [3.8, 4) is 11.1 Å². The van der Waals surface area contributed by atoms with Crippen molar-refractivity contribution in [2.45, 2.75) is 25.2 Å². The molecule has 0 aromatic heterocycles. The molecule has 3 rings (SSSR count). The number of aliphatic hydroxyl groups excluding tert-OH is 2. The highest BCUT2D eigenvalue weighted by Gasteiger charge is 2.37. The molecular weight excluding hydrogens is 459 g/mol. The molecule has 0 aliphatic heterocycles. The van der Waals surface area contributed by atoms with Gasteiger partial charge in [0.05, 0.1) is 18.8 Å². The number of halogens is 3. The zero-order valence-electron chi connectivity index (χ0n) is 19.0. The van der Waals surface area contributed by atoms with E-state index >= 15 is 0 Å².